The normalized spacial score (nSPS) is 23.4. The van der Waals surface area contributed by atoms with Crippen molar-refractivity contribution >= 4 is 0 Å². The van der Waals surface area contributed by atoms with E-state index >= 15 is 0 Å². The van der Waals surface area contributed by atoms with Gasteiger partial charge in [0.05, 0.1) is 0 Å². The molecule has 0 radical (unpaired) electrons. The van der Waals surface area contributed by atoms with Crippen molar-refractivity contribution in [3.05, 3.63) is 58.5 Å². The van der Waals surface area contributed by atoms with E-state index in [0.717, 1.165) is 37.9 Å². The molecule has 0 aromatic heterocycles. The second-order valence-corrected chi connectivity index (χ2v) is 4.84. The summed E-state index contributed by atoms with van der Waals surface area (Å²) in [5.74, 6) is 0. The van der Waals surface area contributed by atoms with Crippen LogP contribution in [0.5, 0.6) is 0 Å². The Kier molecular flexibility index (Phi) is 2.63. The van der Waals surface area contributed by atoms with Crippen molar-refractivity contribution < 1.29 is 0 Å². The van der Waals surface area contributed by atoms with Crippen LogP contribution in [-0.2, 0) is 0 Å². The molecule has 0 atom stereocenters. The minimum absolute atomic E-state index is 0.947. The SMILES string of the molecule is NC1=CC=C(C2=CC3=C(C=CCC3)NC2)CC1. The highest BCUT2D eigenvalue weighted by molar-refractivity contribution is 5.48. The number of hydrogen-bond acceptors (Lipinski definition) is 2. The maximum absolute atomic E-state index is 5.80. The first-order valence-corrected chi connectivity index (χ1v) is 6.32. The van der Waals surface area contributed by atoms with Crippen LogP contribution in [0.25, 0.3) is 0 Å². The second kappa shape index (κ2) is 4.28. The Balaban J connectivity index is 1.88. The van der Waals surface area contributed by atoms with E-state index in [1.807, 2.05) is 6.08 Å². The molecule has 88 valence electrons. The van der Waals surface area contributed by atoms with Gasteiger partial charge in [-0.25, -0.2) is 0 Å². The first kappa shape index (κ1) is 10.5. The molecule has 3 aliphatic rings. The fraction of sp³-hybridized carbons (Fsp3) is 0.333. The van der Waals surface area contributed by atoms with Gasteiger partial charge < -0.3 is 11.1 Å². The molecule has 0 amide bonds. The Morgan fingerprint density at radius 1 is 1.06 bits per heavy atom. The molecule has 2 aliphatic carbocycles. The lowest BCUT2D eigenvalue weighted by molar-refractivity contribution is 0.798. The van der Waals surface area contributed by atoms with E-state index < -0.39 is 0 Å². The molecule has 2 nitrogen and oxygen atoms in total. The number of nitrogens with two attached hydrogens (primary N) is 1. The van der Waals surface area contributed by atoms with Crippen molar-refractivity contribution in [1.82, 2.24) is 5.32 Å². The number of rotatable bonds is 1. The van der Waals surface area contributed by atoms with Crippen LogP contribution in [0.3, 0.4) is 0 Å². The van der Waals surface area contributed by atoms with Gasteiger partial charge >= 0.3 is 0 Å². The first-order valence-electron chi connectivity index (χ1n) is 6.32. The lowest BCUT2D eigenvalue weighted by atomic mass is 9.90. The molecule has 3 N–H and O–H groups in total. The monoisotopic (exact) mass is 226 g/mol. The van der Waals surface area contributed by atoms with Gasteiger partial charge in [0.25, 0.3) is 0 Å². The minimum atomic E-state index is 0.947. The van der Waals surface area contributed by atoms with E-state index in [2.05, 4.69) is 29.6 Å². The molecule has 17 heavy (non-hydrogen) atoms. The minimum Gasteiger partial charge on any atom is -0.402 e. The molecule has 0 unspecified atom stereocenters. The number of hydrogen-bond donors (Lipinski definition) is 2. The Morgan fingerprint density at radius 2 is 2.00 bits per heavy atom. The van der Waals surface area contributed by atoms with E-state index in [4.69, 9.17) is 5.73 Å². The summed E-state index contributed by atoms with van der Waals surface area (Å²) in [6, 6.07) is 0. The predicted octanol–water partition coefficient (Wildman–Crippen LogP) is 2.68. The van der Waals surface area contributed by atoms with Crippen molar-refractivity contribution in [3.8, 4) is 0 Å². The highest BCUT2D eigenvalue weighted by Gasteiger charge is 2.16. The van der Waals surface area contributed by atoms with Crippen molar-refractivity contribution in [3.63, 3.8) is 0 Å². The van der Waals surface area contributed by atoms with Crippen molar-refractivity contribution in [2.75, 3.05) is 6.54 Å². The van der Waals surface area contributed by atoms with Gasteiger partial charge in [-0.3, -0.25) is 0 Å². The first-order chi connectivity index (χ1) is 8.33. The van der Waals surface area contributed by atoms with Crippen LogP contribution in [0.2, 0.25) is 0 Å². The molecule has 0 aromatic carbocycles. The topological polar surface area (TPSA) is 38.0 Å². The van der Waals surface area contributed by atoms with Gasteiger partial charge in [-0.1, -0.05) is 18.2 Å². The van der Waals surface area contributed by atoms with E-state index in [1.165, 1.54) is 22.4 Å². The van der Waals surface area contributed by atoms with E-state index in [9.17, 15) is 0 Å². The molecule has 2 heteroatoms. The van der Waals surface area contributed by atoms with Crippen LogP contribution in [0.15, 0.2) is 58.5 Å². The average molecular weight is 226 g/mol. The molecule has 0 bridgehead atoms. The molecular formula is C15H18N2. The third kappa shape index (κ3) is 2.07. The van der Waals surface area contributed by atoms with Gasteiger partial charge in [-0.05, 0) is 54.6 Å². The van der Waals surface area contributed by atoms with E-state index in [1.54, 1.807) is 0 Å². The predicted molar refractivity (Wildman–Crippen MR) is 71.1 cm³/mol. The molecule has 0 aromatic rings. The third-order valence-corrected chi connectivity index (χ3v) is 3.62. The van der Waals surface area contributed by atoms with Crippen LogP contribution in [0.4, 0.5) is 0 Å². The van der Waals surface area contributed by atoms with Crippen molar-refractivity contribution in [2.45, 2.75) is 25.7 Å². The summed E-state index contributed by atoms with van der Waals surface area (Å²) in [4.78, 5) is 0. The fourth-order valence-corrected chi connectivity index (χ4v) is 2.58. The molecule has 0 fully saturated rings. The molecule has 1 heterocycles. The van der Waals surface area contributed by atoms with Gasteiger partial charge in [0, 0.05) is 17.9 Å². The van der Waals surface area contributed by atoms with Gasteiger partial charge in [-0.2, -0.15) is 0 Å². The van der Waals surface area contributed by atoms with E-state index in [0.29, 0.717) is 0 Å². The Hall–Kier alpha value is -1.70. The zero-order valence-corrected chi connectivity index (χ0v) is 10.00. The summed E-state index contributed by atoms with van der Waals surface area (Å²) in [5, 5.41) is 3.51. The summed E-state index contributed by atoms with van der Waals surface area (Å²) in [6.45, 7) is 0.947. The summed E-state index contributed by atoms with van der Waals surface area (Å²) in [5.41, 5.74) is 12.4. The summed E-state index contributed by atoms with van der Waals surface area (Å²) < 4.78 is 0. The fourth-order valence-electron chi connectivity index (χ4n) is 2.58. The Morgan fingerprint density at radius 3 is 2.82 bits per heavy atom. The second-order valence-electron chi connectivity index (χ2n) is 4.84. The standard InChI is InChI=1S/C15H18N2/c16-14-7-5-11(6-8-14)13-9-12-3-1-2-4-15(12)17-10-13/h2,4-5,7,9,17H,1,3,6,8,10,16H2. The average Bonchev–Trinajstić information content (AvgIpc) is 2.39. The van der Waals surface area contributed by atoms with Crippen molar-refractivity contribution in [2.24, 2.45) is 5.73 Å². The summed E-state index contributed by atoms with van der Waals surface area (Å²) >= 11 is 0. The molecule has 3 rings (SSSR count). The van der Waals surface area contributed by atoms with Crippen LogP contribution in [0, 0.1) is 0 Å². The van der Waals surface area contributed by atoms with Crippen LogP contribution < -0.4 is 11.1 Å². The zero-order chi connectivity index (χ0) is 11.7. The van der Waals surface area contributed by atoms with Gasteiger partial charge in [0.15, 0.2) is 0 Å². The molecule has 0 saturated heterocycles. The van der Waals surface area contributed by atoms with E-state index in [-0.39, 0.29) is 0 Å². The van der Waals surface area contributed by atoms with Crippen LogP contribution in [-0.4, -0.2) is 6.54 Å². The Bertz CT molecular complexity index is 487. The summed E-state index contributed by atoms with van der Waals surface area (Å²) in [6.07, 6.45) is 15.4. The molecule has 0 spiro atoms. The number of nitrogens with one attached hydrogen (secondary N) is 1. The smallest absolute Gasteiger partial charge is 0.0403 e. The quantitative estimate of drug-likeness (QED) is 0.721. The maximum atomic E-state index is 5.80. The van der Waals surface area contributed by atoms with Gasteiger partial charge in [-0.15, -0.1) is 0 Å². The number of dihydropyridines is 1. The lowest BCUT2D eigenvalue weighted by Crippen LogP contribution is -2.23. The zero-order valence-electron chi connectivity index (χ0n) is 10.00. The molecular weight excluding hydrogens is 208 g/mol. The Labute approximate surface area is 102 Å². The van der Waals surface area contributed by atoms with Gasteiger partial charge in [0.2, 0.25) is 0 Å². The summed E-state index contributed by atoms with van der Waals surface area (Å²) in [7, 11) is 0. The van der Waals surface area contributed by atoms with Crippen LogP contribution >= 0.6 is 0 Å². The number of allylic oxidation sites excluding steroid dienone is 7. The molecule has 0 saturated carbocycles. The lowest BCUT2D eigenvalue weighted by Gasteiger charge is -2.25. The third-order valence-electron chi connectivity index (χ3n) is 3.62. The van der Waals surface area contributed by atoms with Gasteiger partial charge in [0.1, 0.15) is 0 Å². The highest BCUT2D eigenvalue weighted by atomic mass is 14.9. The highest BCUT2D eigenvalue weighted by Crippen LogP contribution is 2.29. The van der Waals surface area contributed by atoms with Crippen LogP contribution in [0.1, 0.15) is 25.7 Å². The maximum Gasteiger partial charge on any atom is 0.0403 e. The molecule has 1 aliphatic heterocycles. The van der Waals surface area contributed by atoms with Crippen molar-refractivity contribution in [1.29, 1.82) is 0 Å². The largest absolute Gasteiger partial charge is 0.402 e.